The number of benzene rings is 2. The van der Waals surface area contributed by atoms with Gasteiger partial charge in [0.25, 0.3) is 5.91 Å². The number of aromatic amines is 1. The number of hydrogen-bond acceptors (Lipinski definition) is 3. The molecular weight excluding hydrogens is 424 g/mol. The molecule has 0 aliphatic carbocycles. The highest BCUT2D eigenvalue weighted by atomic mass is 16.2. The third-order valence-corrected chi connectivity index (χ3v) is 7.99. The summed E-state index contributed by atoms with van der Waals surface area (Å²) in [7, 11) is 0. The van der Waals surface area contributed by atoms with Gasteiger partial charge in [-0.1, -0.05) is 55.0 Å². The molecule has 3 aromatic rings. The minimum atomic E-state index is -0.888. The molecule has 6 nitrogen and oxygen atoms in total. The first-order valence-corrected chi connectivity index (χ1v) is 12.6. The fraction of sp³-hybridized carbons (Fsp3) is 0.429. The van der Waals surface area contributed by atoms with Crippen LogP contribution in [0.2, 0.25) is 0 Å². The minimum absolute atomic E-state index is 0.0620. The van der Waals surface area contributed by atoms with Gasteiger partial charge in [0.2, 0.25) is 0 Å². The fourth-order valence-corrected chi connectivity index (χ4v) is 6.28. The van der Waals surface area contributed by atoms with Gasteiger partial charge < -0.3 is 9.88 Å². The number of carbonyl (C=O) groups is 2. The van der Waals surface area contributed by atoms with Crippen LogP contribution in [0.15, 0.2) is 54.6 Å². The van der Waals surface area contributed by atoms with Crippen molar-refractivity contribution in [2.24, 2.45) is 0 Å². The molecule has 6 heteroatoms. The summed E-state index contributed by atoms with van der Waals surface area (Å²) in [5.41, 5.74) is 3.37. The van der Waals surface area contributed by atoms with Gasteiger partial charge in [0.05, 0.1) is 0 Å². The van der Waals surface area contributed by atoms with Crippen molar-refractivity contribution >= 4 is 22.8 Å². The Bertz CT molecular complexity index is 1230. The quantitative estimate of drug-likeness (QED) is 0.566. The zero-order valence-electron chi connectivity index (χ0n) is 19.8. The number of hydrogen-bond donors (Lipinski definition) is 1. The zero-order chi connectivity index (χ0) is 23.3. The lowest BCUT2D eigenvalue weighted by Gasteiger charge is -2.42. The number of H-pyrrole nitrogens is 1. The first-order chi connectivity index (χ1) is 16.6. The molecule has 3 aliphatic rings. The van der Waals surface area contributed by atoms with Crippen LogP contribution in [0.3, 0.4) is 0 Å². The van der Waals surface area contributed by atoms with E-state index in [1.807, 2.05) is 42.2 Å². The number of para-hydroxylation sites is 1. The average molecular weight is 457 g/mol. The molecule has 2 atom stereocenters. The number of aromatic nitrogens is 1. The van der Waals surface area contributed by atoms with Crippen molar-refractivity contribution in [2.45, 2.75) is 50.6 Å². The van der Waals surface area contributed by atoms with E-state index in [0.29, 0.717) is 13.0 Å². The summed E-state index contributed by atoms with van der Waals surface area (Å²) < 4.78 is 0. The van der Waals surface area contributed by atoms with E-state index < -0.39 is 5.54 Å². The van der Waals surface area contributed by atoms with Gasteiger partial charge in [-0.05, 0) is 63.0 Å². The molecule has 2 fully saturated rings. The van der Waals surface area contributed by atoms with Crippen LogP contribution >= 0.6 is 0 Å². The Balaban J connectivity index is 1.36. The standard InChI is InChI=1S/C28H32N4O2/c1-28-19-22-21-13-6-7-14-23(21)29-24(22)25(20-11-4-2-5-12-20)32(28)27(34)31(26(28)33)18-10-17-30-15-8-3-9-16-30/h2,4-7,11-14,25,29H,3,8-10,15-19H2,1H3. The second-order valence-electron chi connectivity index (χ2n) is 10.2. The van der Waals surface area contributed by atoms with E-state index >= 15 is 0 Å². The van der Waals surface area contributed by atoms with Gasteiger partial charge in [0.1, 0.15) is 11.6 Å². The summed E-state index contributed by atoms with van der Waals surface area (Å²) in [5.74, 6) is -0.0620. The highest BCUT2D eigenvalue weighted by Gasteiger charge is 2.59. The van der Waals surface area contributed by atoms with Crippen molar-refractivity contribution in [2.75, 3.05) is 26.2 Å². The predicted octanol–water partition coefficient (Wildman–Crippen LogP) is 4.71. The summed E-state index contributed by atoms with van der Waals surface area (Å²) in [6.45, 7) is 5.64. The SMILES string of the molecule is CC12Cc3c([nH]c4ccccc34)C(c3ccccc3)N1C(=O)N(CCCN1CCCCC1)C2=O. The van der Waals surface area contributed by atoms with E-state index in [9.17, 15) is 9.59 Å². The Morgan fingerprint density at radius 2 is 1.68 bits per heavy atom. The molecule has 0 radical (unpaired) electrons. The van der Waals surface area contributed by atoms with Crippen LogP contribution in [0.1, 0.15) is 55.5 Å². The van der Waals surface area contributed by atoms with Gasteiger partial charge in [0, 0.05) is 29.6 Å². The van der Waals surface area contributed by atoms with Gasteiger partial charge in [-0.2, -0.15) is 0 Å². The number of fused-ring (bicyclic) bond motifs is 4. The largest absolute Gasteiger partial charge is 0.356 e. The first kappa shape index (κ1) is 21.4. The Morgan fingerprint density at radius 1 is 0.941 bits per heavy atom. The van der Waals surface area contributed by atoms with Crippen molar-refractivity contribution in [3.8, 4) is 0 Å². The molecule has 0 spiro atoms. The second-order valence-corrected chi connectivity index (χ2v) is 10.2. The Hall–Kier alpha value is -3.12. The van der Waals surface area contributed by atoms with Gasteiger partial charge in [-0.3, -0.25) is 14.6 Å². The Labute approximate surface area is 200 Å². The maximum atomic E-state index is 13.8. The molecule has 6 rings (SSSR count). The number of amides is 3. The fourth-order valence-electron chi connectivity index (χ4n) is 6.28. The second kappa shape index (κ2) is 8.27. The van der Waals surface area contributed by atoms with E-state index in [2.05, 4.69) is 34.1 Å². The molecule has 2 saturated heterocycles. The predicted molar refractivity (Wildman–Crippen MR) is 133 cm³/mol. The molecule has 4 heterocycles. The summed E-state index contributed by atoms with van der Waals surface area (Å²) in [6.07, 6.45) is 5.16. The summed E-state index contributed by atoms with van der Waals surface area (Å²) >= 11 is 0. The normalized spacial score (nSPS) is 25.1. The Kier molecular flexibility index (Phi) is 5.21. The van der Waals surface area contributed by atoms with Crippen LogP contribution in [0.5, 0.6) is 0 Å². The van der Waals surface area contributed by atoms with Crippen molar-refractivity contribution in [1.29, 1.82) is 0 Å². The monoisotopic (exact) mass is 456 g/mol. The van der Waals surface area contributed by atoms with Crippen LogP contribution in [-0.4, -0.2) is 63.3 Å². The number of likely N-dealkylation sites (tertiary alicyclic amines) is 1. The topological polar surface area (TPSA) is 59.7 Å². The number of piperidine rings is 1. The molecule has 2 aromatic carbocycles. The van der Waals surface area contributed by atoms with Crippen LogP contribution < -0.4 is 0 Å². The lowest BCUT2D eigenvalue weighted by Crippen LogP contribution is -2.53. The van der Waals surface area contributed by atoms with E-state index in [1.54, 1.807) is 0 Å². The van der Waals surface area contributed by atoms with Gasteiger partial charge >= 0.3 is 6.03 Å². The summed E-state index contributed by atoms with van der Waals surface area (Å²) in [5, 5.41) is 1.14. The minimum Gasteiger partial charge on any atom is -0.356 e. The smallest absolute Gasteiger partial charge is 0.328 e. The Morgan fingerprint density at radius 3 is 2.47 bits per heavy atom. The molecule has 3 amide bonds. The highest BCUT2D eigenvalue weighted by Crippen LogP contribution is 2.48. The molecule has 34 heavy (non-hydrogen) atoms. The van der Waals surface area contributed by atoms with Crippen LogP contribution in [0, 0.1) is 0 Å². The lowest BCUT2D eigenvalue weighted by molar-refractivity contribution is -0.133. The maximum absolute atomic E-state index is 13.8. The van der Waals surface area contributed by atoms with Crippen molar-refractivity contribution in [3.05, 3.63) is 71.4 Å². The molecule has 176 valence electrons. The third-order valence-electron chi connectivity index (χ3n) is 7.99. The summed E-state index contributed by atoms with van der Waals surface area (Å²) in [6, 6.07) is 17.9. The van der Waals surface area contributed by atoms with Gasteiger partial charge in [-0.15, -0.1) is 0 Å². The number of imide groups is 1. The van der Waals surface area contributed by atoms with Crippen molar-refractivity contribution < 1.29 is 9.59 Å². The van der Waals surface area contributed by atoms with Crippen molar-refractivity contribution in [3.63, 3.8) is 0 Å². The number of nitrogens with zero attached hydrogens (tertiary/aromatic N) is 3. The van der Waals surface area contributed by atoms with Crippen LogP contribution in [0.4, 0.5) is 4.79 Å². The average Bonchev–Trinajstić information content (AvgIpc) is 3.32. The van der Waals surface area contributed by atoms with Crippen LogP contribution in [0.25, 0.3) is 10.9 Å². The number of nitrogens with one attached hydrogen (secondary N) is 1. The maximum Gasteiger partial charge on any atom is 0.328 e. The number of carbonyl (C=O) groups excluding carboxylic acids is 2. The van der Waals surface area contributed by atoms with E-state index in [4.69, 9.17) is 0 Å². The molecule has 3 aliphatic heterocycles. The molecule has 0 bridgehead atoms. The summed E-state index contributed by atoms with van der Waals surface area (Å²) in [4.78, 5) is 37.1. The first-order valence-electron chi connectivity index (χ1n) is 12.6. The molecule has 1 aromatic heterocycles. The molecule has 1 N–H and O–H groups in total. The van der Waals surface area contributed by atoms with Gasteiger partial charge in [0.15, 0.2) is 0 Å². The van der Waals surface area contributed by atoms with Crippen LogP contribution in [-0.2, 0) is 11.2 Å². The van der Waals surface area contributed by atoms with Crippen molar-refractivity contribution in [1.82, 2.24) is 19.7 Å². The van der Waals surface area contributed by atoms with E-state index in [-0.39, 0.29) is 18.0 Å². The number of rotatable bonds is 5. The molecular formula is C28H32N4O2. The lowest BCUT2D eigenvalue weighted by atomic mass is 9.81. The number of urea groups is 1. The molecule has 0 saturated carbocycles. The van der Waals surface area contributed by atoms with E-state index in [1.165, 1.54) is 24.2 Å². The van der Waals surface area contributed by atoms with Gasteiger partial charge in [-0.25, -0.2) is 4.79 Å². The molecule has 2 unspecified atom stereocenters. The van der Waals surface area contributed by atoms with E-state index in [0.717, 1.165) is 53.8 Å². The zero-order valence-corrected chi connectivity index (χ0v) is 19.8. The third kappa shape index (κ3) is 3.27. The highest BCUT2D eigenvalue weighted by molar-refractivity contribution is 6.08.